The number of fused-ring (bicyclic) bond motifs is 1. The van der Waals surface area contributed by atoms with Gasteiger partial charge in [0.1, 0.15) is 11.5 Å². The maximum absolute atomic E-state index is 6.02. The average molecular weight is 321 g/mol. The van der Waals surface area contributed by atoms with Gasteiger partial charge in [-0.2, -0.15) is 0 Å². The number of nitrogen functional groups attached to an aromatic ring is 2. The summed E-state index contributed by atoms with van der Waals surface area (Å²) in [5, 5.41) is 0.856. The highest BCUT2D eigenvalue weighted by molar-refractivity contribution is 6.42. The van der Waals surface area contributed by atoms with Crippen LogP contribution in [0.5, 0.6) is 0 Å². The van der Waals surface area contributed by atoms with Crippen LogP contribution in [0, 0.1) is 6.92 Å². The van der Waals surface area contributed by atoms with E-state index in [0.717, 1.165) is 0 Å². The summed E-state index contributed by atoms with van der Waals surface area (Å²) >= 11 is 11.9. The zero-order valence-corrected chi connectivity index (χ0v) is 12.4. The summed E-state index contributed by atoms with van der Waals surface area (Å²) in [6.45, 7) is 1.72. The Morgan fingerprint density at radius 2 is 1.67 bits per heavy atom. The lowest BCUT2D eigenvalue weighted by Gasteiger charge is -2.08. The quantitative estimate of drug-likeness (QED) is 0.714. The van der Waals surface area contributed by atoms with Crippen molar-refractivity contribution in [2.45, 2.75) is 6.92 Å². The smallest absolute Gasteiger partial charge is 0.185 e. The molecule has 3 aromatic rings. The van der Waals surface area contributed by atoms with Crippen molar-refractivity contribution in [2.75, 3.05) is 11.5 Å². The molecule has 0 fully saturated rings. The minimum atomic E-state index is 0.235. The molecule has 0 amide bonds. The third-order valence-electron chi connectivity index (χ3n) is 2.89. The van der Waals surface area contributed by atoms with Crippen LogP contribution >= 0.6 is 23.2 Å². The van der Waals surface area contributed by atoms with Gasteiger partial charge in [0.25, 0.3) is 0 Å². The van der Waals surface area contributed by atoms with Crippen LogP contribution in [0.3, 0.4) is 0 Å². The summed E-state index contributed by atoms with van der Waals surface area (Å²) < 4.78 is 0. The Morgan fingerprint density at radius 1 is 0.905 bits per heavy atom. The molecule has 0 saturated heterocycles. The average Bonchev–Trinajstić information content (AvgIpc) is 2.41. The van der Waals surface area contributed by atoms with Crippen molar-refractivity contribution in [3.05, 3.63) is 34.1 Å². The first-order valence-electron chi connectivity index (χ1n) is 5.98. The van der Waals surface area contributed by atoms with Crippen molar-refractivity contribution in [1.82, 2.24) is 19.9 Å². The van der Waals surface area contributed by atoms with E-state index in [9.17, 15) is 0 Å². The Hall–Kier alpha value is -2.18. The molecule has 0 atom stereocenters. The van der Waals surface area contributed by atoms with Gasteiger partial charge in [0.2, 0.25) is 0 Å². The zero-order chi connectivity index (χ0) is 15.1. The molecular formula is C13H10Cl2N6. The van der Waals surface area contributed by atoms with Gasteiger partial charge in [0.15, 0.2) is 22.8 Å². The van der Waals surface area contributed by atoms with Gasteiger partial charge in [-0.25, -0.2) is 19.9 Å². The molecule has 21 heavy (non-hydrogen) atoms. The molecule has 6 nitrogen and oxygen atoms in total. The molecule has 2 aromatic heterocycles. The Balaban J connectivity index is 2.27. The molecule has 0 bridgehead atoms. The lowest BCUT2D eigenvalue weighted by atomic mass is 10.1. The molecule has 1 aromatic carbocycles. The first-order chi connectivity index (χ1) is 9.95. The molecule has 0 spiro atoms. The van der Waals surface area contributed by atoms with E-state index < -0.39 is 0 Å². The predicted molar refractivity (Wildman–Crippen MR) is 84.1 cm³/mol. The molecule has 0 aliphatic rings. The zero-order valence-electron chi connectivity index (χ0n) is 10.9. The maximum atomic E-state index is 6.02. The van der Waals surface area contributed by atoms with Crippen LogP contribution in [0.1, 0.15) is 5.82 Å². The van der Waals surface area contributed by atoms with E-state index in [0.29, 0.717) is 38.3 Å². The summed E-state index contributed by atoms with van der Waals surface area (Å²) in [5.74, 6) is 1.00. The van der Waals surface area contributed by atoms with Crippen molar-refractivity contribution in [2.24, 2.45) is 0 Å². The number of benzene rings is 1. The lowest BCUT2D eigenvalue weighted by molar-refractivity contribution is 1.07. The second-order valence-corrected chi connectivity index (χ2v) is 5.23. The first kappa shape index (κ1) is 13.8. The van der Waals surface area contributed by atoms with E-state index in [2.05, 4.69) is 19.9 Å². The molecule has 4 N–H and O–H groups in total. The van der Waals surface area contributed by atoms with Crippen LogP contribution in [0.25, 0.3) is 22.4 Å². The highest BCUT2D eigenvalue weighted by atomic mass is 35.5. The van der Waals surface area contributed by atoms with Crippen molar-refractivity contribution < 1.29 is 0 Å². The van der Waals surface area contributed by atoms with Crippen molar-refractivity contribution in [1.29, 1.82) is 0 Å². The Kier molecular flexibility index (Phi) is 3.27. The minimum absolute atomic E-state index is 0.235. The van der Waals surface area contributed by atoms with Gasteiger partial charge < -0.3 is 11.5 Å². The topological polar surface area (TPSA) is 104 Å². The molecule has 2 heterocycles. The lowest BCUT2D eigenvalue weighted by Crippen LogP contribution is -2.05. The Labute approximate surface area is 130 Å². The number of aryl methyl sites for hydroxylation is 1. The fourth-order valence-electron chi connectivity index (χ4n) is 1.95. The minimum Gasteiger partial charge on any atom is -0.382 e. The summed E-state index contributed by atoms with van der Waals surface area (Å²) in [6, 6.07) is 5.09. The van der Waals surface area contributed by atoms with Crippen LogP contribution in [0.2, 0.25) is 10.0 Å². The fraction of sp³-hybridized carbons (Fsp3) is 0.0769. The molecule has 3 rings (SSSR count). The van der Waals surface area contributed by atoms with Crippen molar-refractivity contribution >= 4 is 46.0 Å². The molecule has 0 aliphatic heterocycles. The molecule has 0 aliphatic carbocycles. The molecule has 8 heteroatoms. The SMILES string of the molecule is Cc1nc(N)c2nc(-c3ccc(Cl)c(Cl)c3)c(N)nc2n1. The summed E-state index contributed by atoms with van der Waals surface area (Å²) in [6.07, 6.45) is 0. The van der Waals surface area contributed by atoms with E-state index in [1.165, 1.54) is 0 Å². The number of hydrogen-bond donors (Lipinski definition) is 2. The van der Waals surface area contributed by atoms with Gasteiger partial charge in [0, 0.05) is 5.56 Å². The molecule has 0 unspecified atom stereocenters. The van der Waals surface area contributed by atoms with Gasteiger partial charge >= 0.3 is 0 Å². The Bertz CT molecular complexity index is 865. The van der Waals surface area contributed by atoms with Gasteiger partial charge in [0.05, 0.1) is 10.0 Å². The molecule has 0 radical (unpaired) electrons. The number of anilines is 2. The highest BCUT2D eigenvalue weighted by Gasteiger charge is 2.13. The number of nitrogens with zero attached hydrogens (tertiary/aromatic N) is 4. The normalized spacial score (nSPS) is 11.0. The van der Waals surface area contributed by atoms with Crippen LogP contribution in [-0.2, 0) is 0 Å². The van der Waals surface area contributed by atoms with Crippen LogP contribution in [0.4, 0.5) is 11.6 Å². The van der Waals surface area contributed by atoms with Crippen LogP contribution in [0.15, 0.2) is 18.2 Å². The standard InChI is InChI=1S/C13H10Cl2N6/c1-5-18-12(17)10-13(19-5)21-11(16)9(20-10)6-2-3-7(14)8(15)4-6/h2-4H,1H3,(H4,16,17,18,19,21). The van der Waals surface area contributed by atoms with E-state index in [1.807, 2.05) is 0 Å². The highest BCUT2D eigenvalue weighted by Crippen LogP contribution is 2.31. The molecular weight excluding hydrogens is 311 g/mol. The van der Waals surface area contributed by atoms with E-state index in [1.54, 1.807) is 25.1 Å². The second-order valence-electron chi connectivity index (χ2n) is 4.41. The number of hydrogen-bond acceptors (Lipinski definition) is 6. The van der Waals surface area contributed by atoms with Gasteiger partial charge in [-0.3, -0.25) is 0 Å². The molecule has 0 saturated carbocycles. The van der Waals surface area contributed by atoms with Gasteiger partial charge in [-0.1, -0.05) is 29.3 Å². The number of nitrogens with two attached hydrogens (primary N) is 2. The van der Waals surface area contributed by atoms with E-state index in [-0.39, 0.29) is 11.6 Å². The van der Waals surface area contributed by atoms with Gasteiger partial charge in [-0.05, 0) is 19.1 Å². The predicted octanol–water partition coefficient (Wildman–Crippen LogP) is 2.87. The first-order valence-corrected chi connectivity index (χ1v) is 6.74. The van der Waals surface area contributed by atoms with Crippen LogP contribution < -0.4 is 11.5 Å². The number of halogens is 2. The largest absolute Gasteiger partial charge is 0.382 e. The third-order valence-corrected chi connectivity index (χ3v) is 3.63. The van der Waals surface area contributed by atoms with Crippen molar-refractivity contribution in [3.8, 4) is 11.3 Å². The summed E-state index contributed by atoms with van der Waals surface area (Å²) in [4.78, 5) is 16.9. The number of rotatable bonds is 1. The van der Waals surface area contributed by atoms with E-state index >= 15 is 0 Å². The third kappa shape index (κ3) is 2.43. The Morgan fingerprint density at radius 3 is 2.38 bits per heavy atom. The second kappa shape index (κ2) is 4.98. The maximum Gasteiger partial charge on any atom is 0.185 e. The van der Waals surface area contributed by atoms with Crippen molar-refractivity contribution in [3.63, 3.8) is 0 Å². The summed E-state index contributed by atoms with van der Waals surface area (Å²) in [7, 11) is 0. The summed E-state index contributed by atoms with van der Waals surface area (Å²) in [5.41, 5.74) is 13.7. The fourth-order valence-corrected chi connectivity index (χ4v) is 2.25. The number of aromatic nitrogens is 4. The molecule has 106 valence electrons. The van der Waals surface area contributed by atoms with E-state index in [4.69, 9.17) is 34.7 Å². The van der Waals surface area contributed by atoms with Crippen LogP contribution in [-0.4, -0.2) is 19.9 Å². The monoisotopic (exact) mass is 320 g/mol. The van der Waals surface area contributed by atoms with Gasteiger partial charge in [-0.15, -0.1) is 0 Å².